The van der Waals surface area contributed by atoms with Crippen LogP contribution in [0.25, 0.3) is 10.9 Å². The molecule has 1 amide bonds. The second-order valence-electron chi connectivity index (χ2n) is 7.50. The second-order valence-corrected chi connectivity index (χ2v) is 9.72. The third-order valence-electron chi connectivity index (χ3n) is 5.56. The molecule has 2 heterocycles. The average molecular weight is 464 g/mol. The average Bonchev–Trinajstić information content (AvgIpc) is 2.77. The van der Waals surface area contributed by atoms with Crippen LogP contribution in [0.4, 0.5) is 13.2 Å². The maximum absolute atomic E-state index is 13.3. The monoisotopic (exact) mass is 464 g/mol. The number of nitrogens with zero attached hydrogens (tertiary/aromatic N) is 2. The molecule has 1 saturated heterocycles. The van der Waals surface area contributed by atoms with Crippen molar-refractivity contribution >= 4 is 27.2 Å². The van der Waals surface area contributed by atoms with Gasteiger partial charge in [-0.15, -0.1) is 13.2 Å². The van der Waals surface area contributed by atoms with Gasteiger partial charge in [-0.3, -0.25) is 9.78 Å². The predicted octanol–water partition coefficient (Wildman–Crippen LogP) is 4.27. The number of fused-ring (bicyclic) bond motifs is 1. The lowest BCUT2D eigenvalue weighted by Crippen LogP contribution is -2.41. The summed E-state index contributed by atoms with van der Waals surface area (Å²) in [6.45, 7) is 0.194. The lowest BCUT2D eigenvalue weighted by molar-refractivity contribution is -0.274. The van der Waals surface area contributed by atoms with Gasteiger partial charge in [0.05, 0.1) is 21.7 Å². The number of aromatic nitrogens is 1. The highest BCUT2D eigenvalue weighted by Gasteiger charge is 2.38. The molecular formula is C22H19F3N2O4S. The summed E-state index contributed by atoms with van der Waals surface area (Å²) in [4.78, 5) is 17.4. The highest BCUT2D eigenvalue weighted by molar-refractivity contribution is 7.92. The molecule has 1 aliphatic heterocycles. The predicted molar refractivity (Wildman–Crippen MR) is 111 cm³/mol. The van der Waals surface area contributed by atoms with Crippen molar-refractivity contribution < 1.29 is 31.1 Å². The zero-order valence-electron chi connectivity index (χ0n) is 16.7. The van der Waals surface area contributed by atoms with E-state index in [1.807, 2.05) is 24.3 Å². The highest BCUT2D eigenvalue weighted by atomic mass is 32.2. The number of ether oxygens (including phenoxy) is 1. The summed E-state index contributed by atoms with van der Waals surface area (Å²) in [7, 11) is -3.98. The van der Waals surface area contributed by atoms with E-state index in [-0.39, 0.29) is 24.3 Å². The minimum atomic E-state index is -4.93. The number of carbonyl (C=O) groups excluding carboxylic acids is 1. The number of alkyl halides is 3. The number of rotatable bonds is 5. The molecule has 2 unspecified atom stereocenters. The van der Waals surface area contributed by atoms with E-state index in [9.17, 15) is 26.4 Å². The van der Waals surface area contributed by atoms with Gasteiger partial charge in [0, 0.05) is 23.7 Å². The molecule has 0 bridgehead atoms. The molecule has 32 heavy (non-hydrogen) atoms. The molecule has 0 radical (unpaired) electrons. The second kappa shape index (κ2) is 8.42. The first-order chi connectivity index (χ1) is 15.2. The fourth-order valence-corrected chi connectivity index (χ4v) is 5.89. The topological polar surface area (TPSA) is 76.6 Å². The number of para-hydroxylation sites is 1. The molecule has 1 aromatic heterocycles. The van der Waals surface area contributed by atoms with Crippen molar-refractivity contribution in [2.45, 2.75) is 35.4 Å². The van der Waals surface area contributed by atoms with Crippen LogP contribution < -0.4 is 4.74 Å². The molecule has 4 rings (SSSR count). The molecule has 6 nitrogen and oxygen atoms in total. The smallest absolute Gasteiger partial charge is 0.406 e. The third-order valence-corrected chi connectivity index (χ3v) is 7.78. The van der Waals surface area contributed by atoms with E-state index in [0.717, 1.165) is 23.1 Å². The summed E-state index contributed by atoms with van der Waals surface area (Å²) in [5.74, 6) is -0.598. The van der Waals surface area contributed by atoms with Crippen molar-refractivity contribution in [2.24, 2.45) is 0 Å². The Kier molecular flexibility index (Phi) is 5.81. The third kappa shape index (κ3) is 4.40. The lowest BCUT2D eigenvalue weighted by atomic mass is 9.93. The Hall–Kier alpha value is -3.14. The van der Waals surface area contributed by atoms with Crippen molar-refractivity contribution in [3.63, 3.8) is 0 Å². The molecule has 0 N–H and O–H groups in total. The molecule has 2 aromatic carbocycles. The standard InChI is InChI=1S/C22H19F3N2O4S/c23-22(24,25)31-16-6-2-7-17(12-16)32(29,30)18-9-11-27(14-28)20(13-18)19-8-1-4-15-5-3-10-26-21(15)19/h1-8,10,12,14,18,20H,9,11,13H2. The van der Waals surface area contributed by atoms with Gasteiger partial charge >= 0.3 is 6.36 Å². The number of halogens is 3. The fourth-order valence-electron chi connectivity index (χ4n) is 4.10. The Labute approximate surface area is 182 Å². The molecule has 1 aliphatic rings. The van der Waals surface area contributed by atoms with Crippen LogP contribution in [0.2, 0.25) is 0 Å². The summed E-state index contributed by atoms with van der Waals surface area (Å²) in [5, 5.41) is -0.0263. The number of amides is 1. The van der Waals surface area contributed by atoms with Crippen molar-refractivity contribution in [1.82, 2.24) is 9.88 Å². The maximum atomic E-state index is 13.3. The largest absolute Gasteiger partial charge is 0.573 e. The van der Waals surface area contributed by atoms with E-state index in [0.29, 0.717) is 11.9 Å². The Balaban J connectivity index is 1.68. The fraction of sp³-hybridized carbons (Fsp3) is 0.273. The van der Waals surface area contributed by atoms with Gasteiger partial charge in [0.2, 0.25) is 6.41 Å². The quantitative estimate of drug-likeness (QED) is 0.527. The zero-order valence-corrected chi connectivity index (χ0v) is 17.5. The summed E-state index contributed by atoms with van der Waals surface area (Å²) in [6.07, 6.45) is -2.35. The molecule has 3 aromatic rings. The first-order valence-corrected chi connectivity index (χ1v) is 11.4. The van der Waals surface area contributed by atoms with Crippen molar-refractivity contribution in [3.05, 3.63) is 66.4 Å². The van der Waals surface area contributed by atoms with Crippen LogP contribution in [-0.4, -0.2) is 42.9 Å². The van der Waals surface area contributed by atoms with Gasteiger partial charge in [-0.2, -0.15) is 0 Å². The first-order valence-electron chi connectivity index (χ1n) is 9.83. The number of sulfone groups is 1. The van der Waals surface area contributed by atoms with E-state index in [1.54, 1.807) is 17.2 Å². The Morgan fingerprint density at radius 3 is 2.59 bits per heavy atom. The van der Waals surface area contributed by atoms with Gasteiger partial charge in [0.15, 0.2) is 9.84 Å². The van der Waals surface area contributed by atoms with Gasteiger partial charge in [0.25, 0.3) is 0 Å². The van der Waals surface area contributed by atoms with Crippen LogP contribution >= 0.6 is 0 Å². The molecule has 1 fully saturated rings. The van der Waals surface area contributed by atoms with Gasteiger partial charge in [-0.05, 0) is 37.1 Å². The molecule has 0 spiro atoms. The summed E-state index contributed by atoms with van der Waals surface area (Å²) in [5.41, 5.74) is 1.40. The van der Waals surface area contributed by atoms with Crippen LogP contribution in [0, 0.1) is 0 Å². The summed E-state index contributed by atoms with van der Waals surface area (Å²) in [6, 6.07) is 13.0. The highest BCUT2D eigenvalue weighted by Crippen LogP contribution is 2.38. The van der Waals surface area contributed by atoms with Gasteiger partial charge in [-0.25, -0.2) is 8.42 Å². The van der Waals surface area contributed by atoms with E-state index in [2.05, 4.69) is 9.72 Å². The summed E-state index contributed by atoms with van der Waals surface area (Å²) >= 11 is 0. The molecule has 10 heteroatoms. The number of piperidine rings is 1. The molecule has 168 valence electrons. The van der Waals surface area contributed by atoms with E-state index in [1.165, 1.54) is 12.1 Å². The number of hydrogen-bond donors (Lipinski definition) is 0. The molecule has 0 saturated carbocycles. The minimum absolute atomic E-state index is 0.0983. The van der Waals surface area contributed by atoms with Crippen LogP contribution in [0.15, 0.2) is 65.7 Å². The van der Waals surface area contributed by atoms with Gasteiger partial charge < -0.3 is 9.64 Å². The maximum Gasteiger partial charge on any atom is 0.573 e. The Morgan fingerprint density at radius 2 is 1.84 bits per heavy atom. The molecule has 2 atom stereocenters. The number of likely N-dealkylation sites (tertiary alicyclic amines) is 1. The Morgan fingerprint density at radius 1 is 1.09 bits per heavy atom. The van der Waals surface area contributed by atoms with E-state index in [4.69, 9.17) is 0 Å². The lowest BCUT2D eigenvalue weighted by Gasteiger charge is -2.37. The normalized spacial score (nSPS) is 19.7. The van der Waals surface area contributed by atoms with Gasteiger partial charge in [-0.1, -0.05) is 30.3 Å². The first kappa shape index (κ1) is 22.1. The molecular weight excluding hydrogens is 445 g/mol. The van der Waals surface area contributed by atoms with Crippen LogP contribution in [0.5, 0.6) is 5.75 Å². The number of benzene rings is 2. The SMILES string of the molecule is O=CN1CCC(S(=O)(=O)c2cccc(OC(F)(F)F)c2)CC1c1cccc2cccnc12. The van der Waals surface area contributed by atoms with E-state index < -0.39 is 33.2 Å². The minimum Gasteiger partial charge on any atom is -0.406 e. The molecule has 0 aliphatic carbocycles. The zero-order chi connectivity index (χ0) is 22.9. The number of hydrogen-bond acceptors (Lipinski definition) is 5. The Bertz CT molecular complexity index is 1240. The van der Waals surface area contributed by atoms with Crippen LogP contribution in [-0.2, 0) is 14.6 Å². The van der Waals surface area contributed by atoms with Crippen LogP contribution in [0.1, 0.15) is 24.4 Å². The number of carbonyl (C=O) groups is 1. The van der Waals surface area contributed by atoms with Gasteiger partial charge in [0.1, 0.15) is 5.75 Å². The van der Waals surface area contributed by atoms with Crippen molar-refractivity contribution in [1.29, 1.82) is 0 Å². The van der Waals surface area contributed by atoms with Crippen LogP contribution in [0.3, 0.4) is 0 Å². The van der Waals surface area contributed by atoms with E-state index >= 15 is 0 Å². The van der Waals surface area contributed by atoms with Crippen molar-refractivity contribution in [3.8, 4) is 5.75 Å². The van der Waals surface area contributed by atoms with Crippen molar-refractivity contribution in [2.75, 3.05) is 6.54 Å². The summed E-state index contributed by atoms with van der Waals surface area (Å²) < 4.78 is 68.1. The number of pyridine rings is 1.